The summed E-state index contributed by atoms with van der Waals surface area (Å²) in [6, 6.07) is 2.13. The molecule has 0 radical (unpaired) electrons. The Balaban J connectivity index is 2.68. The van der Waals surface area contributed by atoms with Crippen LogP contribution in [0.5, 0.6) is 11.5 Å². The molecule has 5 nitrogen and oxygen atoms in total. The second-order valence-corrected chi connectivity index (χ2v) is 4.53. The van der Waals surface area contributed by atoms with Gasteiger partial charge in [-0.3, -0.25) is 14.4 Å². The summed E-state index contributed by atoms with van der Waals surface area (Å²) in [7, 11) is 0. The molecular weight excluding hydrogens is 248 g/mol. The Labute approximate surface area is 109 Å². The first-order chi connectivity index (χ1) is 8.82. The summed E-state index contributed by atoms with van der Waals surface area (Å²) in [5.41, 5.74) is 0.0978. The van der Waals surface area contributed by atoms with Crippen LogP contribution < -0.4 is 0 Å². The summed E-state index contributed by atoms with van der Waals surface area (Å²) in [6.07, 6.45) is -0.133. The Kier molecular flexibility index (Phi) is 2.98. The van der Waals surface area contributed by atoms with E-state index in [-0.39, 0.29) is 40.2 Å². The number of hydrogen-bond acceptors (Lipinski definition) is 5. The molecule has 2 rings (SSSR count). The SMILES string of the molecule is CC(=O)CC1=C(C)C(=O)c2c(O)cc(O)cc2C1=O. The van der Waals surface area contributed by atoms with Crippen molar-refractivity contribution in [1.29, 1.82) is 0 Å². The van der Waals surface area contributed by atoms with E-state index in [1.54, 1.807) is 0 Å². The topological polar surface area (TPSA) is 91.7 Å². The fraction of sp³-hybridized carbons (Fsp3) is 0.214. The molecule has 1 aliphatic carbocycles. The van der Waals surface area contributed by atoms with E-state index in [0.29, 0.717) is 0 Å². The van der Waals surface area contributed by atoms with Gasteiger partial charge in [0.15, 0.2) is 11.6 Å². The molecule has 0 atom stereocenters. The molecule has 0 saturated carbocycles. The van der Waals surface area contributed by atoms with Crippen LogP contribution in [0.25, 0.3) is 0 Å². The van der Waals surface area contributed by atoms with Gasteiger partial charge < -0.3 is 10.2 Å². The highest BCUT2D eigenvalue weighted by Gasteiger charge is 2.33. The van der Waals surface area contributed by atoms with Crippen LogP contribution in [0.2, 0.25) is 0 Å². The van der Waals surface area contributed by atoms with E-state index in [9.17, 15) is 24.6 Å². The van der Waals surface area contributed by atoms with E-state index in [0.717, 1.165) is 12.1 Å². The molecule has 0 heterocycles. The van der Waals surface area contributed by atoms with Crippen LogP contribution >= 0.6 is 0 Å². The number of allylic oxidation sites excluding steroid dienone is 2. The molecule has 0 saturated heterocycles. The molecule has 0 bridgehead atoms. The Morgan fingerprint density at radius 2 is 1.79 bits per heavy atom. The van der Waals surface area contributed by atoms with Gasteiger partial charge in [-0.25, -0.2) is 0 Å². The van der Waals surface area contributed by atoms with Crippen molar-refractivity contribution < 1.29 is 24.6 Å². The molecule has 19 heavy (non-hydrogen) atoms. The van der Waals surface area contributed by atoms with Gasteiger partial charge in [0.25, 0.3) is 0 Å². The number of phenolic OH excluding ortho intramolecular Hbond substituents is 2. The number of hydrogen-bond donors (Lipinski definition) is 2. The Morgan fingerprint density at radius 3 is 2.37 bits per heavy atom. The van der Waals surface area contributed by atoms with E-state index < -0.39 is 17.3 Å². The molecule has 98 valence electrons. The van der Waals surface area contributed by atoms with Gasteiger partial charge in [0.05, 0.1) is 5.56 Å². The fourth-order valence-corrected chi connectivity index (χ4v) is 2.15. The molecule has 0 aliphatic heterocycles. The highest BCUT2D eigenvalue weighted by atomic mass is 16.3. The van der Waals surface area contributed by atoms with Crippen LogP contribution in [0.4, 0.5) is 0 Å². The Hall–Kier alpha value is -2.43. The third kappa shape index (κ3) is 2.03. The molecule has 1 aliphatic rings. The minimum absolute atomic E-state index is 0.0654. The fourth-order valence-electron chi connectivity index (χ4n) is 2.15. The normalized spacial score (nSPS) is 14.6. The smallest absolute Gasteiger partial charge is 0.193 e. The Morgan fingerprint density at radius 1 is 1.16 bits per heavy atom. The van der Waals surface area contributed by atoms with Gasteiger partial charge >= 0.3 is 0 Å². The first-order valence-corrected chi connectivity index (χ1v) is 5.67. The van der Waals surface area contributed by atoms with E-state index in [1.165, 1.54) is 13.8 Å². The van der Waals surface area contributed by atoms with Crippen LogP contribution in [0, 0.1) is 0 Å². The molecule has 0 spiro atoms. The molecule has 0 unspecified atom stereocenters. The number of aromatic hydroxyl groups is 2. The zero-order valence-corrected chi connectivity index (χ0v) is 10.5. The van der Waals surface area contributed by atoms with Crippen molar-refractivity contribution in [1.82, 2.24) is 0 Å². The standard InChI is InChI=1S/C14H12O5/c1-6(15)3-9-7(2)13(18)12-10(14(9)19)4-8(16)5-11(12)17/h4-5,16-17H,3H2,1-2H3. The van der Waals surface area contributed by atoms with Crippen molar-refractivity contribution >= 4 is 17.3 Å². The molecule has 0 aromatic heterocycles. The number of rotatable bonds is 2. The zero-order chi connectivity index (χ0) is 14.3. The molecule has 5 heteroatoms. The van der Waals surface area contributed by atoms with Gasteiger partial charge in [0.1, 0.15) is 17.3 Å². The largest absolute Gasteiger partial charge is 0.508 e. The highest BCUT2D eigenvalue weighted by molar-refractivity contribution is 6.28. The number of carbonyl (C=O) groups excluding carboxylic acids is 3. The maximum absolute atomic E-state index is 12.2. The van der Waals surface area contributed by atoms with Crippen LogP contribution in [-0.4, -0.2) is 27.6 Å². The van der Waals surface area contributed by atoms with Crippen LogP contribution in [0.15, 0.2) is 23.3 Å². The summed E-state index contributed by atoms with van der Waals surface area (Å²) in [4.78, 5) is 35.5. The van der Waals surface area contributed by atoms with Crippen molar-refractivity contribution in [2.75, 3.05) is 0 Å². The van der Waals surface area contributed by atoms with Gasteiger partial charge in [-0.2, -0.15) is 0 Å². The third-order valence-corrected chi connectivity index (χ3v) is 3.07. The molecule has 0 amide bonds. The van der Waals surface area contributed by atoms with E-state index in [4.69, 9.17) is 0 Å². The van der Waals surface area contributed by atoms with Gasteiger partial charge in [0, 0.05) is 29.2 Å². The van der Waals surface area contributed by atoms with Gasteiger partial charge in [-0.1, -0.05) is 0 Å². The molecule has 1 aromatic rings. The van der Waals surface area contributed by atoms with Crippen LogP contribution in [0.3, 0.4) is 0 Å². The predicted octanol–water partition coefficient (Wildman–Crippen LogP) is 1.77. The number of ketones is 3. The average molecular weight is 260 g/mol. The lowest BCUT2D eigenvalue weighted by Gasteiger charge is -2.19. The molecular formula is C14H12O5. The van der Waals surface area contributed by atoms with Gasteiger partial charge in [0.2, 0.25) is 0 Å². The second-order valence-electron chi connectivity index (χ2n) is 4.53. The second kappa shape index (κ2) is 4.35. The lowest BCUT2D eigenvalue weighted by molar-refractivity contribution is -0.116. The minimum Gasteiger partial charge on any atom is -0.508 e. The highest BCUT2D eigenvalue weighted by Crippen LogP contribution is 2.35. The lowest BCUT2D eigenvalue weighted by atomic mass is 9.82. The summed E-state index contributed by atoms with van der Waals surface area (Å²) in [5, 5.41) is 19.1. The van der Waals surface area contributed by atoms with Crippen molar-refractivity contribution in [2.24, 2.45) is 0 Å². The zero-order valence-electron chi connectivity index (χ0n) is 10.5. The van der Waals surface area contributed by atoms with Crippen molar-refractivity contribution in [3.8, 4) is 11.5 Å². The summed E-state index contributed by atoms with van der Waals surface area (Å²) in [6.45, 7) is 2.78. The average Bonchev–Trinajstić information content (AvgIpc) is 2.30. The molecule has 1 aromatic carbocycles. The molecule has 2 N–H and O–H groups in total. The maximum atomic E-state index is 12.2. The summed E-state index contributed by atoms with van der Waals surface area (Å²) in [5.74, 6) is -1.98. The monoisotopic (exact) mass is 260 g/mol. The third-order valence-electron chi connectivity index (χ3n) is 3.07. The number of phenols is 2. The number of carbonyl (C=O) groups is 3. The van der Waals surface area contributed by atoms with Crippen molar-refractivity contribution in [3.05, 3.63) is 34.4 Å². The summed E-state index contributed by atoms with van der Waals surface area (Å²) < 4.78 is 0. The van der Waals surface area contributed by atoms with E-state index in [2.05, 4.69) is 0 Å². The predicted molar refractivity (Wildman–Crippen MR) is 66.4 cm³/mol. The summed E-state index contributed by atoms with van der Waals surface area (Å²) >= 11 is 0. The minimum atomic E-state index is -0.506. The van der Waals surface area contributed by atoms with Crippen molar-refractivity contribution in [3.63, 3.8) is 0 Å². The van der Waals surface area contributed by atoms with Crippen molar-refractivity contribution in [2.45, 2.75) is 20.3 Å². The van der Waals surface area contributed by atoms with Gasteiger partial charge in [-0.05, 0) is 19.9 Å². The van der Waals surface area contributed by atoms with Crippen LogP contribution in [-0.2, 0) is 4.79 Å². The Bertz CT molecular complexity index is 652. The first kappa shape index (κ1) is 13.0. The van der Waals surface area contributed by atoms with Crippen LogP contribution in [0.1, 0.15) is 41.0 Å². The number of Topliss-reactive ketones (excluding diaryl/α,β-unsaturated/α-hetero) is 3. The quantitative estimate of drug-likeness (QED) is 0.845. The number of fused-ring (bicyclic) bond motifs is 1. The molecule has 0 fully saturated rings. The lowest BCUT2D eigenvalue weighted by Crippen LogP contribution is -2.22. The first-order valence-electron chi connectivity index (χ1n) is 5.67. The van der Waals surface area contributed by atoms with E-state index >= 15 is 0 Å². The number of benzene rings is 1. The van der Waals surface area contributed by atoms with E-state index in [1.807, 2.05) is 0 Å². The van der Waals surface area contributed by atoms with Gasteiger partial charge in [-0.15, -0.1) is 0 Å². The maximum Gasteiger partial charge on any atom is 0.193 e.